The van der Waals surface area contributed by atoms with Crippen molar-refractivity contribution < 1.29 is 23.5 Å². The van der Waals surface area contributed by atoms with Crippen molar-refractivity contribution in [3.63, 3.8) is 0 Å². The summed E-state index contributed by atoms with van der Waals surface area (Å²) in [6, 6.07) is 17.7. The summed E-state index contributed by atoms with van der Waals surface area (Å²) in [5.74, 6) is -1.40. The molecule has 184 valence electrons. The molecule has 3 aromatic rings. The maximum absolute atomic E-state index is 13.2. The zero-order chi connectivity index (χ0) is 25.9. The number of halogens is 2. The molecule has 0 unspecified atom stereocenters. The van der Waals surface area contributed by atoms with Crippen LogP contribution >= 0.6 is 11.6 Å². The molecule has 0 radical (unpaired) electrons. The third-order valence-electron chi connectivity index (χ3n) is 4.75. The van der Waals surface area contributed by atoms with Gasteiger partial charge in [-0.3, -0.25) is 9.59 Å². The third kappa shape index (κ3) is 7.55. The van der Waals surface area contributed by atoms with Gasteiger partial charge in [-0.2, -0.15) is 10.4 Å². The predicted octanol–water partition coefficient (Wildman–Crippen LogP) is 4.61. The molecule has 10 heteroatoms. The molecule has 0 saturated heterocycles. The van der Waals surface area contributed by atoms with Crippen LogP contribution in [0.1, 0.15) is 23.6 Å². The molecule has 0 bridgehead atoms. The van der Waals surface area contributed by atoms with Gasteiger partial charge in [0.1, 0.15) is 12.4 Å². The van der Waals surface area contributed by atoms with Gasteiger partial charge in [0.25, 0.3) is 0 Å². The molecule has 8 nitrogen and oxygen atoms in total. The highest BCUT2D eigenvalue weighted by atomic mass is 35.5. The summed E-state index contributed by atoms with van der Waals surface area (Å²) in [5, 5.41) is 15.2. The molecule has 0 aliphatic carbocycles. The van der Waals surface area contributed by atoms with Gasteiger partial charge in [0.15, 0.2) is 11.5 Å². The minimum absolute atomic E-state index is 0.110. The van der Waals surface area contributed by atoms with Crippen LogP contribution < -0.4 is 20.2 Å². The Morgan fingerprint density at radius 2 is 1.83 bits per heavy atom. The number of benzene rings is 3. The van der Waals surface area contributed by atoms with Gasteiger partial charge in [0, 0.05) is 11.3 Å². The van der Waals surface area contributed by atoms with Crippen LogP contribution in [0.4, 0.5) is 10.1 Å². The number of nitrogens with zero attached hydrogens (tertiary/aromatic N) is 2. The summed E-state index contributed by atoms with van der Waals surface area (Å²) in [4.78, 5) is 24.1. The Kier molecular flexibility index (Phi) is 9.37. The SMILES string of the molecule is CCOc1cc(/C=N/NC(=O)C(=O)Nc2ccc(CC#N)cc2)ccc1OCc1ccc(F)cc1Cl. The van der Waals surface area contributed by atoms with Gasteiger partial charge in [-0.15, -0.1) is 0 Å². The van der Waals surface area contributed by atoms with E-state index in [1.54, 1.807) is 48.5 Å². The van der Waals surface area contributed by atoms with E-state index in [1.165, 1.54) is 18.3 Å². The van der Waals surface area contributed by atoms with Crippen LogP contribution in [-0.4, -0.2) is 24.6 Å². The number of rotatable bonds is 9. The maximum Gasteiger partial charge on any atom is 0.329 e. The number of ether oxygens (including phenoxy) is 2. The van der Waals surface area contributed by atoms with E-state index in [4.69, 9.17) is 26.3 Å². The van der Waals surface area contributed by atoms with E-state index >= 15 is 0 Å². The first-order chi connectivity index (χ1) is 17.4. The van der Waals surface area contributed by atoms with Crippen molar-refractivity contribution in [2.45, 2.75) is 20.0 Å². The Bertz CT molecular complexity index is 1310. The number of hydrazone groups is 1. The molecule has 0 aliphatic rings. The Labute approximate surface area is 212 Å². The second kappa shape index (κ2) is 12.9. The van der Waals surface area contributed by atoms with E-state index in [0.717, 1.165) is 5.56 Å². The molecule has 3 aromatic carbocycles. The summed E-state index contributed by atoms with van der Waals surface area (Å²) in [7, 11) is 0. The largest absolute Gasteiger partial charge is 0.490 e. The number of hydrogen-bond donors (Lipinski definition) is 2. The van der Waals surface area contributed by atoms with Crippen LogP contribution in [0, 0.1) is 17.1 Å². The van der Waals surface area contributed by atoms with Crippen LogP contribution in [-0.2, 0) is 22.6 Å². The average molecular weight is 509 g/mol. The number of carbonyl (C=O) groups is 2. The van der Waals surface area contributed by atoms with Crippen LogP contribution in [0.3, 0.4) is 0 Å². The highest BCUT2D eigenvalue weighted by Crippen LogP contribution is 2.29. The van der Waals surface area contributed by atoms with E-state index in [2.05, 4.69) is 15.8 Å². The summed E-state index contributed by atoms with van der Waals surface area (Å²) in [6.45, 7) is 2.30. The molecule has 0 atom stereocenters. The topological polar surface area (TPSA) is 113 Å². The number of anilines is 1. The lowest BCUT2D eigenvalue weighted by Gasteiger charge is -2.13. The monoisotopic (exact) mass is 508 g/mol. The van der Waals surface area contributed by atoms with Crippen molar-refractivity contribution in [1.82, 2.24) is 5.43 Å². The Hall–Kier alpha value is -4.42. The first-order valence-electron chi connectivity index (χ1n) is 10.8. The fourth-order valence-corrected chi connectivity index (χ4v) is 3.21. The van der Waals surface area contributed by atoms with Gasteiger partial charge in [-0.25, -0.2) is 9.82 Å². The second-order valence-corrected chi connectivity index (χ2v) is 7.76. The molecular weight excluding hydrogens is 487 g/mol. The van der Waals surface area contributed by atoms with Crippen molar-refractivity contribution in [2.75, 3.05) is 11.9 Å². The van der Waals surface area contributed by atoms with Crippen molar-refractivity contribution in [3.8, 4) is 17.6 Å². The van der Waals surface area contributed by atoms with Crippen LogP contribution in [0.15, 0.2) is 65.8 Å². The molecule has 0 fully saturated rings. The van der Waals surface area contributed by atoms with E-state index in [9.17, 15) is 14.0 Å². The fourth-order valence-electron chi connectivity index (χ4n) is 2.99. The average Bonchev–Trinajstić information content (AvgIpc) is 2.86. The minimum Gasteiger partial charge on any atom is -0.490 e. The molecule has 2 amide bonds. The van der Waals surface area contributed by atoms with Crippen molar-refractivity contribution >= 4 is 35.3 Å². The van der Waals surface area contributed by atoms with E-state index in [0.29, 0.717) is 34.9 Å². The molecule has 0 aliphatic heterocycles. The van der Waals surface area contributed by atoms with Gasteiger partial charge in [0.05, 0.1) is 30.3 Å². The van der Waals surface area contributed by atoms with Crippen molar-refractivity contribution in [2.24, 2.45) is 5.10 Å². The molecule has 0 spiro atoms. The fraction of sp³-hybridized carbons (Fsp3) is 0.154. The van der Waals surface area contributed by atoms with Crippen LogP contribution in [0.25, 0.3) is 0 Å². The smallest absolute Gasteiger partial charge is 0.329 e. The summed E-state index contributed by atoms with van der Waals surface area (Å²) in [6.07, 6.45) is 1.61. The summed E-state index contributed by atoms with van der Waals surface area (Å²) in [5.41, 5.74) is 4.58. The molecule has 2 N–H and O–H groups in total. The summed E-state index contributed by atoms with van der Waals surface area (Å²) < 4.78 is 24.6. The number of hydrogen-bond acceptors (Lipinski definition) is 6. The van der Waals surface area contributed by atoms with Crippen molar-refractivity contribution in [1.29, 1.82) is 5.26 Å². The van der Waals surface area contributed by atoms with Gasteiger partial charge in [0.2, 0.25) is 0 Å². The third-order valence-corrected chi connectivity index (χ3v) is 5.10. The predicted molar refractivity (Wildman–Crippen MR) is 133 cm³/mol. The molecule has 0 aromatic heterocycles. The standard InChI is InChI=1S/C26H22ClFN4O4/c1-2-35-24-13-18(5-10-23(24)36-16-19-6-7-20(28)14-22(19)27)15-30-32-26(34)25(33)31-21-8-3-17(4-9-21)11-12-29/h3-10,13-15H,2,11,16H2,1H3,(H,31,33)(H,32,34)/b30-15+. The first-order valence-corrected chi connectivity index (χ1v) is 11.2. The first kappa shape index (κ1) is 26.2. The molecular formula is C26H22ClFN4O4. The highest BCUT2D eigenvalue weighted by Gasteiger charge is 2.13. The van der Waals surface area contributed by atoms with Gasteiger partial charge in [-0.05, 0) is 60.5 Å². The minimum atomic E-state index is -0.950. The molecule has 0 saturated carbocycles. The van der Waals surface area contributed by atoms with Crippen LogP contribution in [0.5, 0.6) is 11.5 Å². The summed E-state index contributed by atoms with van der Waals surface area (Å²) >= 11 is 6.05. The lowest BCUT2D eigenvalue weighted by atomic mass is 10.1. The highest BCUT2D eigenvalue weighted by molar-refractivity contribution is 6.39. The Morgan fingerprint density at radius 3 is 2.53 bits per heavy atom. The second-order valence-electron chi connectivity index (χ2n) is 7.35. The number of amides is 2. The quantitative estimate of drug-likeness (QED) is 0.249. The molecule has 36 heavy (non-hydrogen) atoms. The normalized spacial score (nSPS) is 10.5. The van der Waals surface area contributed by atoms with Crippen LogP contribution in [0.2, 0.25) is 5.02 Å². The Balaban J connectivity index is 1.58. The lowest BCUT2D eigenvalue weighted by Crippen LogP contribution is -2.32. The lowest BCUT2D eigenvalue weighted by molar-refractivity contribution is -0.136. The van der Waals surface area contributed by atoms with Gasteiger partial charge >= 0.3 is 11.8 Å². The zero-order valence-electron chi connectivity index (χ0n) is 19.3. The number of nitrogens with one attached hydrogen (secondary N) is 2. The van der Waals surface area contributed by atoms with E-state index < -0.39 is 17.6 Å². The number of carbonyl (C=O) groups excluding carboxylic acids is 2. The molecule has 0 heterocycles. The van der Waals surface area contributed by atoms with Gasteiger partial charge < -0.3 is 14.8 Å². The van der Waals surface area contributed by atoms with Gasteiger partial charge in [-0.1, -0.05) is 29.8 Å². The molecule has 3 rings (SSSR count). The van der Waals surface area contributed by atoms with Crippen molar-refractivity contribution in [3.05, 3.63) is 88.2 Å². The zero-order valence-corrected chi connectivity index (χ0v) is 20.0. The van der Waals surface area contributed by atoms with E-state index in [1.807, 2.05) is 13.0 Å². The van der Waals surface area contributed by atoms with E-state index in [-0.39, 0.29) is 18.1 Å². The Morgan fingerprint density at radius 1 is 1.06 bits per heavy atom. The maximum atomic E-state index is 13.2. The number of nitriles is 1.